The molecule has 2 bridgehead atoms. The van der Waals surface area contributed by atoms with Crippen LogP contribution >= 0.6 is 0 Å². The van der Waals surface area contributed by atoms with E-state index in [1.54, 1.807) is 12.4 Å². The van der Waals surface area contributed by atoms with E-state index >= 15 is 0 Å². The Balaban J connectivity index is 1.71. The highest BCUT2D eigenvalue weighted by Gasteiger charge is 2.47. The maximum absolute atomic E-state index is 12.5. The van der Waals surface area contributed by atoms with Gasteiger partial charge in [-0.15, -0.1) is 0 Å². The largest absolute Gasteiger partial charge is 0.481 e. The van der Waals surface area contributed by atoms with Gasteiger partial charge < -0.3 is 10.4 Å². The number of rotatable bonds is 4. The lowest BCUT2D eigenvalue weighted by Gasteiger charge is -2.41. The summed E-state index contributed by atoms with van der Waals surface area (Å²) in [5.41, 5.74) is 0.960. The minimum absolute atomic E-state index is 0.0100. The number of nitrogens with one attached hydrogen (secondary N) is 1. The van der Waals surface area contributed by atoms with E-state index in [1.165, 1.54) is 0 Å². The third kappa shape index (κ3) is 2.68. The molecular weight excluding hydrogens is 268 g/mol. The lowest BCUT2D eigenvalue weighted by Crippen LogP contribution is -2.48. The number of aromatic nitrogens is 1. The first-order valence-corrected chi connectivity index (χ1v) is 7.24. The van der Waals surface area contributed by atoms with Gasteiger partial charge in [-0.2, -0.15) is 0 Å². The van der Waals surface area contributed by atoms with E-state index < -0.39 is 17.8 Å². The number of nitrogens with zero attached hydrogens (tertiary/aromatic N) is 1. The van der Waals surface area contributed by atoms with E-state index in [0.29, 0.717) is 6.54 Å². The molecule has 2 N–H and O–H groups in total. The van der Waals surface area contributed by atoms with Gasteiger partial charge in [-0.3, -0.25) is 14.6 Å². The quantitative estimate of drug-likeness (QED) is 0.824. The topological polar surface area (TPSA) is 79.3 Å². The van der Waals surface area contributed by atoms with E-state index in [-0.39, 0.29) is 17.7 Å². The number of hydrogen-bond acceptors (Lipinski definition) is 3. The van der Waals surface area contributed by atoms with E-state index in [9.17, 15) is 14.7 Å². The first-order chi connectivity index (χ1) is 10.2. The Morgan fingerprint density at radius 3 is 2.33 bits per heavy atom. The molecule has 1 amide bonds. The number of aliphatic carboxylic acids is 1. The van der Waals surface area contributed by atoms with Crippen molar-refractivity contribution in [2.75, 3.05) is 0 Å². The average molecular weight is 286 g/mol. The molecular formula is C16H18N2O3. The third-order valence-corrected chi connectivity index (χ3v) is 4.55. The van der Waals surface area contributed by atoms with Crippen LogP contribution in [0.3, 0.4) is 0 Å². The predicted molar refractivity (Wildman–Crippen MR) is 76.1 cm³/mol. The van der Waals surface area contributed by atoms with Gasteiger partial charge in [0.2, 0.25) is 5.91 Å². The van der Waals surface area contributed by atoms with Crippen LogP contribution in [0, 0.1) is 23.7 Å². The van der Waals surface area contributed by atoms with Crippen molar-refractivity contribution in [3.05, 3.63) is 42.2 Å². The van der Waals surface area contributed by atoms with Gasteiger partial charge in [0.15, 0.2) is 0 Å². The number of amides is 1. The molecule has 4 unspecified atom stereocenters. The van der Waals surface area contributed by atoms with Gasteiger partial charge in [0.1, 0.15) is 0 Å². The van der Waals surface area contributed by atoms with Crippen molar-refractivity contribution >= 4 is 11.9 Å². The Labute approximate surface area is 123 Å². The normalized spacial score (nSPS) is 30.1. The van der Waals surface area contributed by atoms with Crippen LogP contribution in [-0.2, 0) is 16.1 Å². The van der Waals surface area contributed by atoms with Crippen molar-refractivity contribution in [2.45, 2.75) is 19.4 Å². The molecule has 1 saturated carbocycles. The van der Waals surface area contributed by atoms with E-state index in [4.69, 9.17) is 0 Å². The molecule has 5 heteroatoms. The van der Waals surface area contributed by atoms with Gasteiger partial charge in [-0.1, -0.05) is 12.2 Å². The summed E-state index contributed by atoms with van der Waals surface area (Å²) in [6.45, 7) is 0.408. The van der Waals surface area contributed by atoms with Gasteiger partial charge in [0, 0.05) is 18.9 Å². The molecule has 0 spiro atoms. The van der Waals surface area contributed by atoms with Crippen molar-refractivity contribution in [3.63, 3.8) is 0 Å². The van der Waals surface area contributed by atoms with Crippen LogP contribution in [0.2, 0.25) is 0 Å². The van der Waals surface area contributed by atoms with Gasteiger partial charge in [0.05, 0.1) is 11.8 Å². The van der Waals surface area contributed by atoms with Crippen molar-refractivity contribution in [1.82, 2.24) is 10.3 Å². The molecule has 0 aromatic carbocycles. The standard InChI is InChI=1S/C16H18N2O3/c19-15(18-9-10-5-7-17-8-6-10)13-11-1-3-12(4-2-11)14(13)16(20)21/h1,3,5-8,11-14H,2,4,9H2,(H,18,19)(H,20,21). The average Bonchev–Trinajstić information content (AvgIpc) is 2.53. The highest BCUT2D eigenvalue weighted by atomic mass is 16.4. The highest BCUT2D eigenvalue weighted by molar-refractivity contribution is 5.86. The number of carboxylic acids is 1. The molecule has 0 aliphatic heterocycles. The Bertz CT molecular complexity index is 570. The smallest absolute Gasteiger partial charge is 0.307 e. The first kappa shape index (κ1) is 13.8. The van der Waals surface area contributed by atoms with Crippen molar-refractivity contribution in [1.29, 1.82) is 0 Å². The molecule has 4 atom stereocenters. The molecule has 0 radical (unpaired) electrons. The fourth-order valence-corrected chi connectivity index (χ4v) is 3.50. The second-order valence-electron chi connectivity index (χ2n) is 5.75. The van der Waals surface area contributed by atoms with Gasteiger partial charge in [-0.25, -0.2) is 0 Å². The molecule has 3 aliphatic rings. The fraction of sp³-hybridized carbons (Fsp3) is 0.438. The van der Waals surface area contributed by atoms with Crippen LogP contribution < -0.4 is 5.32 Å². The molecule has 1 fully saturated rings. The zero-order valence-corrected chi connectivity index (χ0v) is 11.6. The summed E-state index contributed by atoms with van der Waals surface area (Å²) < 4.78 is 0. The van der Waals surface area contributed by atoms with E-state index in [2.05, 4.69) is 10.3 Å². The molecule has 21 heavy (non-hydrogen) atoms. The maximum atomic E-state index is 12.5. The lowest BCUT2D eigenvalue weighted by molar-refractivity contribution is -0.153. The summed E-state index contributed by atoms with van der Waals surface area (Å²) in [6.07, 6.45) is 9.11. The number of carbonyl (C=O) groups is 2. The van der Waals surface area contributed by atoms with Crippen molar-refractivity contribution in [3.8, 4) is 0 Å². The van der Waals surface area contributed by atoms with Gasteiger partial charge >= 0.3 is 5.97 Å². The summed E-state index contributed by atoms with van der Waals surface area (Å²) in [6, 6.07) is 3.67. The third-order valence-electron chi connectivity index (χ3n) is 4.55. The van der Waals surface area contributed by atoms with Crippen LogP contribution in [0.1, 0.15) is 18.4 Å². The summed E-state index contributed by atoms with van der Waals surface area (Å²) in [7, 11) is 0. The lowest BCUT2D eigenvalue weighted by atomic mass is 9.62. The summed E-state index contributed by atoms with van der Waals surface area (Å²) >= 11 is 0. The number of allylic oxidation sites excluding steroid dienone is 2. The molecule has 1 aromatic heterocycles. The Morgan fingerprint density at radius 2 is 1.76 bits per heavy atom. The van der Waals surface area contributed by atoms with E-state index in [0.717, 1.165) is 18.4 Å². The zero-order valence-electron chi connectivity index (χ0n) is 11.6. The monoisotopic (exact) mass is 286 g/mol. The minimum Gasteiger partial charge on any atom is -0.481 e. The molecule has 3 aliphatic carbocycles. The molecule has 1 aromatic rings. The second-order valence-corrected chi connectivity index (χ2v) is 5.75. The number of hydrogen-bond donors (Lipinski definition) is 2. The van der Waals surface area contributed by atoms with Crippen molar-refractivity contribution < 1.29 is 14.7 Å². The zero-order chi connectivity index (χ0) is 14.8. The van der Waals surface area contributed by atoms with Gasteiger partial charge in [-0.05, 0) is 42.4 Å². The van der Waals surface area contributed by atoms with Crippen LogP contribution in [-0.4, -0.2) is 22.0 Å². The van der Waals surface area contributed by atoms with Crippen LogP contribution in [0.15, 0.2) is 36.7 Å². The Kier molecular flexibility index (Phi) is 3.73. The second kappa shape index (κ2) is 5.68. The molecule has 5 nitrogen and oxygen atoms in total. The SMILES string of the molecule is O=C(O)C1C2C=CC(CC2)C1C(=O)NCc1ccncc1. The minimum atomic E-state index is -0.863. The number of fused-ring (bicyclic) bond motifs is 2. The number of carboxylic acid groups (broad SMARTS) is 1. The maximum Gasteiger partial charge on any atom is 0.307 e. The summed E-state index contributed by atoms with van der Waals surface area (Å²) in [4.78, 5) is 27.9. The van der Waals surface area contributed by atoms with Crippen LogP contribution in [0.25, 0.3) is 0 Å². The van der Waals surface area contributed by atoms with E-state index in [1.807, 2.05) is 24.3 Å². The molecule has 4 rings (SSSR count). The predicted octanol–water partition coefficient (Wildman–Crippen LogP) is 1.61. The number of carbonyl (C=O) groups excluding carboxylic acids is 1. The Hall–Kier alpha value is -2.17. The highest BCUT2D eigenvalue weighted by Crippen LogP contribution is 2.45. The molecule has 0 saturated heterocycles. The molecule has 1 heterocycles. The number of pyridine rings is 1. The fourth-order valence-electron chi connectivity index (χ4n) is 3.50. The summed E-state index contributed by atoms with van der Waals surface area (Å²) in [5, 5.41) is 12.3. The van der Waals surface area contributed by atoms with Crippen LogP contribution in [0.5, 0.6) is 0 Å². The Morgan fingerprint density at radius 1 is 1.14 bits per heavy atom. The summed E-state index contributed by atoms with van der Waals surface area (Å²) in [5.74, 6) is -2.02. The van der Waals surface area contributed by atoms with Gasteiger partial charge in [0.25, 0.3) is 0 Å². The molecule has 110 valence electrons. The van der Waals surface area contributed by atoms with Crippen LogP contribution in [0.4, 0.5) is 0 Å². The first-order valence-electron chi connectivity index (χ1n) is 7.24. The van der Waals surface area contributed by atoms with Crippen molar-refractivity contribution in [2.24, 2.45) is 23.7 Å².